The molecule has 10 heteroatoms. The van der Waals surface area contributed by atoms with Gasteiger partial charge in [0, 0.05) is 18.2 Å². The quantitative estimate of drug-likeness (QED) is 0.436. The molecule has 152 valence electrons. The first-order valence-corrected chi connectivity index (χ1v) is 9.42. The molecule has 0 aliphatic carbocycles. The minimum absolute atomic E-state index is 0.0347. The highest BCUT2D eigenvalue weighted by Gasteiger charge is 2.22. The predicted molar refractivity (Wildman–Crippen MR) is 103 cm³/mol. The Balaban J connectivity index is 1.72. The molecule has 2 aromatic carbocycles. The van der Waals surface area contributed by atoms with Gasteiger partial charge in [-0.3, -0.25) is 4.79 Å². The molecule has 1 N–H and O–H groups in total. The Bertz CT molecular complexity index is 990. The van der Waals surface area contributed by atoms with Crippen LogP contribution in [-0.2, 0) is 4.79 Å². The van der Waals surface area contributed by atoms with Crippen molar-refractivity contribution in [2.45, 2.75) is 5.03 Å². The lowest BCUT2D eigenvalue weighted by Gasteiger charge is -2.11. The van der Waals surface area contributed by atoms with Gasteiger partial charge < -0.3 is 29.2 Å². The fraction of sp³-hybridized carbons (Fsp3) is 0.211. The summed E-state index contributed by atoms with van der Waals surface area (Å²) in [6.45, 7) is 0. The van der Waals surface area contributed by atoms with Crippen molar-refractivity contribution in [1.29, 1.82) is 0 Å². The summed E-state index contributed by atoms with van der Waals surface area (Å²) < 4.78 is 21.6. The van der Waals surface area contributed by atoms with Gasteiger partial charge >= 0.3 is 0 Å². The Kier molecular flexibility index (Phi) is 6.45. The van der Waals surface area contributed by atoms with Crippen LogP contribution in [0.5, 0.6) is 23.2 Å². The molecule has 0 aliphatic heterocycles. The van der Waals surface area contributed by atoms with E-state index in [1.165, 1.54) is 18.9 Å². The van der Waals surface area contributed by atoms with E-state index in [1.54, 1.807) is 49.6 Å². The SMILES string of the molecule is COc1ccc(-[n+]2noc([O-])c2SCC(=O)Nc2cc(OC)ccc2OC)cc1. The van der Waals surface area contributed by atoms with E-state index < -0.39 is 5.95 Å². The van der Waals surface area contributed by atoms with Crippen LogP contribution >= 0.6 is 11.8 Å². The van der Waals surface area contributed by atoms with Gasteiger partial charge in [0.15, 0.2) is 5.95 Å². The molecule has 0 spiro atoms. The summed E-state index contributed by atoms with van der Waals surface area (Å²) in [5.74, 6) is 0.744. The Morgan fingerprint density at radius 1 is 1.10 bits per heavy atom. The van der Waals surface area contributed by atoms with Crippen LogP contribution in [0.4, 0.5) is 5.69 Å². The molecule has 0 radical (unpaired) electrons. The van der Waals surface area contributed by atoms with Gasteiger partial charge in [0.05, 0.1) is 38.0 Å². The van der Waals surface area contributed by atoms with E-state index in [0.717, 1.165) is 11.8 Å². The van der Waals surface area contributed by atoms with Crippen molar-refractivity contribution in [3.8, 4) is 28.9 Å². The van der Waals surface area contributed by atoms with Gasteiger partial charge in [0.1, 0.15) is 17.2 Å². The number of benzene rings is 2. The van der Waals surface area contributed by atoms with Crippen molar-refractivity contribution >= 4 is 23.4 Å². The first-order chi connectivity index (χ1) is 14.0. The van der Waals surface area contributed by atoms with E-state index in [9.17, 15) is 9.90 Å². The fourth-order valence-electron chi connectivity index (χ4n) is 2.48. The molecular weight excluding hydrogens is 398 g/mol. The summed E-state index contributed by atoms with van der Waals surface area (Å²) in [4.78, 5) is 12.4. The zero-order valence-electron chi connectivity index (χ0n) is 16.0. The number of hydrogen-bond donors (Lipinski definition) is 1. The average Bonchev–Trinajstić information content (AvgIpc) is 3.12. The number of nitrogens with zero attached hydrogens (tertiary/aromatic N) is 2. The maximum Gasteiger partial charge on any atom is 0.298 e. The topological polar surface area (TPSA) is 110 Å². The molecule has 1 heterocycles. The number of amides is 1. The van der Waals surface area contributed by atoms with Crippen molar-refractivity contribution in [3.05, 3.63) is 42.5 Å². The van der Waals surface area contributed by atoms with E-state index in [4.69, 9.17) is 18.7 Å². The molecule has 3 aromatic rings. The van der Waals surface area contributed by atoms with E-state index in [1.807, 2.05) is 0 Å². The smallest absolute Gasteiger partial charge is 0.298 e. The average molecular weight is 417 g/mol. The largest absolute Gasteiger partial charge is 0.538 e. The van der Waals surface area contributed by atoms with E-state index in [2.05, 4.69) is 10.6 Å². The summed E-state index contributed by atoms with van der Waals surface area (Å²) in [5, 5.41) is 18.7. The molecule has 0 saturated heterocycles. The minimum Gasteiger partial charge on any atom is -0.538 e. The van der Waals surface area contributed by atoms with Crippen LogP contribution in [0.3, 0.4) is 0 Å². The second-order valence-electron chi connectivity index (χ2n) is 5.68. The molecule has 1 aromatic heterocycles. The van der Waals surface area contributed by atoms with Gasteiger partial charge in [-0.15, -0.1) is 0 Å². The van der Waals surface area contributed by atoms with Crippen LogP contribution in [0.1, 0.15) is 0 Å². The zero-order valence-corrected chi connectivity index (χ0v) is 16.8. The van der Waals surface area contributed by atoms with Crippen LogP contribution in [0.2, 0.25) is 0 Å². The molecule has 29 heavy (non-hydrogen) atoms. The number of rotatable bonds is 8. The Morgan fingerprint density at radius 2 is 1.79 bits per heavy atom. The maximum absolute atomic E-state index is 12.4. The minimum atomic E-state index is -0.627. The number of ether oxygens (including phenoxy) is 3. The van der Waals surface area contributed by atoms with Crippen molar-refractivity contribution in [2.75, 3.05) is 32.4 Å². The molecule has 0 aliphatic rings. The van der Waals surface area contributed by atoms with Gasteiger partial charge in [-0.2, -0.15) is 0 Å². The lowest BCUT2D eigenvalue weighted by atomic mass is 10.2. The molecule has 0 atom stereocenters. The number of nitrogens with one attached hydrogen (secondary N) is 1. The van der Waals surface area contributed by atoms with Crippen molar-refractivity contribution in [1.82, 2.24) is 5.27 Å². The van der Waals surface area contributed by atoms with Crippen LogP contribution < -0.4 is 29.3 Å². The Hall–Kier alpha value is -3.40. The molecule has 0 fully saturated rings. The van der Waals surface area contributed by atoms with Gasteiger partial charge in [0.2, 0.25) is 11.6 Å². The summed E-state index contributed by atoms with van der Waals surface area (Å²) in [6, 6.07) is 12.0. The highest BCUT2D eigenvalue weighted by atomic mass is 32.2. The van der Waals surface area contributed by atoms with Crippen molar-refractivity contribution < 1.29 is 33.3 Å². The van der Waals surface area contributed by atoms with Crippen molar-refractivity contribution in [3.63, 3.8) is 0 Å². The van der Waals surface area contributed by atoms with Crippen LogP contribution in [0, 0.1) is 0 Å². The number of carbonyl (C=O) groups is 1. The molecule has 3 rings (SSSR count). The predicted octanol–water partition coefficient (Wildman–Crippen LogP) is 1.78. The first kappa shape index (κ1) is 20.3. The lowest BCUT2D eigenvalue weighted by Crippen LogP contribution is -2.35. The Morgan fingerprint density at radius 3 is 2.45 bits per heavy atom. The Labute approximate surface area is 171 Å². The molecule has 0 saturated carbocycles. The number of methoxy groups -OCH3 is 3. The van der Waals surface area contributed by atoms with Crippen LogP contribution in [0.15, 0.2) is 52.0 Å². The lowest BCUT2D eigenvalue weighted by molar-refractivity contribution is -0.705. The number of carbonyl (C=O) groups excluding carboxylic acids is 1. The highest BCUT2D eigenvalue weighted by molar-refractivity contribution is 7.99. The number of hydrogen-bond acceptors (Lipinski definition) is 8. The van der Waals surface area contributed by atoms with Crippen LogP contribution in [-0.4, -0.2) is 38.3 Å². The van der Waals surface area contributed by atoms with E-state index in [-0.39, 0.29) is 16.7 Å². The fourth-order valence-corrected chi connectivity index (χ4v) is 3.24. The third kappa shape index (κ3) is 4.72. The molecule has 0 unspecified atom stereocenters. The second kappa shape index (κ2) is 9.20. The second-order valence-corrected chi connectivity index (χ2v) is 6.64. The molecule has 9 nitrogen and oxygen atoms in total. The third-order valence-electron chi connectivity index (χ3n) is 3.91. The maximum atomic E-state index is 12.4. The number of anilines is 1. The first-order valence-electron chi connectivity index (χ1n) is 8.44. The summed E-state index contributed by atoms with van der Waals surface area (Å²) in [6.07, 6.45) is 0. The standard InChI is InChI=1S/C19H19N3O6S/c1-25-13-6-4-12(5-7-13)22-18(19(24)28-21-22)29-11-17(23)20-15-10-14(26-2)8-9-16(15)27-3/h4-10H,11H2,1-3H3,(H-,20,21,23,24). The van der Waals surface area contributed by atoms with Crippen molar-refractivity contribution in [2.24, 2.45) is 0 Å². The van der Waals surface area contributed by atoms with Gasteiger partial charge in [0.25, 0.3) is 5.03 Å². The molecule has 1 amide bonds. The monoisotopic (exact) mass is 417 g/mol. The zero-order chi connectivity index (χ0) is 20.8. The van der Waals surface area contributed by atoms with Gasteiger partial charge in [-0.25, -0.2) is 0 Å². The third-order valence-corrected chi connectivity index (χ3v) is 4.93. The summed E-state index contributed by atoms with van der Waals surface area (Å²) in [5.41, 5.74) is 1.07. The number of thioether (sulfide) groups is 1. The number of aromatic nitrogens is 2. The van der Waals surface area contributed by atoms with Crippen LogP contribution in [0.25, 0.3) is 5.69 Å². The molecular formula is C19H19N3O6S. The normalized spacial score (nSPS) is 10.4. The molecule has 0 bridgehead atoms. The van der Waals surface area contributed by atoms with Gasteiger partial charge in [-0.05, 0) is 40.7 Å². The van der Waals surface area contributed by atoms with Gasteiger partial charge in [-0.1, -0.05) is 0 Å². The summed E-state index contributed by atoms with van der Waals surface area (Å²) >= 11 is 1.01. The van der Waals surface area contributed by atoms with E-state index in [0.29, 0.717) is 28.6 Å². The highest BCUT2D eigenvalue weighted by Crippen LogP contribution is 2.30. The summed E-state index contributed by atoms with van der Waals surface area (Å²) in [7, 11) is 4.60. The van der Waals surface area contributed by atoms with E-state index >= 15 is 0 Å².